The summed E-state index contributed by atoms with van der Waals surface area (Å²) < 4.78 is 53.3. The van der Waals surface area contributed by atoms with Gasteiger partial charge in [-0.2, -0.15) is 4.31 Å². The third-order valence-corrected chi connectivity index (χ3v) is 13.7. The highest BCUT2D eigenvalue weighted by Crippen LogP contribution is 2.39. The van der Waals surface area contributed by atoms with Crippen molar-refractivity contribution in [3.63, 3.8) is 0 Å². The van der Waals surface area contributed by atoms with Gasteiger partial charge in [-0.3, -0.25) is 14.5 Å². The molecule has 0 bridgehead atoms. The molecule has 3 heterocycles. The highest BCUT2D eigenvalue weighted by atomic mass is 32.2. The van der Waals surface area contributed by atoms with E-state index in [9.17, 15) is 23.1 Å². The largest absolute Gasteiger partial charge is 0.463 e. The average Bonchev–Trinajstić information content (AvgIpc) is 3.11. The van der Waals surface area contributed by atoms with E-state index in [1.165, 1.54) is 0 Å². The number of nitrogens with zero attached hydrogens (tertiary/aromatic N) is 3. The molecule has 3 fully saturated rings. The summed E-state index contributed by atoms with van der Waals surface area (Å²) in [6.07, 6.45) is 0.303. The van der Waals surface area contributed by atoms with Crippen molar-refractivity contribution in [2.24, 2.45) is 23.2 Å². The predicted molar refractivity (Wildman–Crippen MR) is 199 cm³/mol. The summed E-state index contributed by atoms with van der Waals surface area (Å²) in [5.74, 6) is -1.43. The molecule has 0 unspecified atom stereocenters. The third kappa shape index (κ3) is 9.63. The zero-order valence-corrected chi connectivity index (χ0v) is 33.9. The minimum atomic E-state index is -3.57. The van der Waals surface area contributed by atoms with Crippen LogP contribution in [0.3, 0.4) is 0 Å². The summed E-state index contributed by atoms with van der Waals surface area (Å²) in [6.45, 7) is 15.5. The number of piperidine rings is 1. The van der Waals surface area contributed by atoms with E-state index < -0.39 is 51.4 Å². The standard InChI is InChI=1S/C39H65N3O9S/c1-11-41-24-26(2)23-39(7,48-10)35(51-36-33(43)32(40(8)9)21-27(3)50-36)28(4)34(44)38(5,6)37(45)49-25-30(41)22-29-17-19-42(20-18-29)52(46,47)31-15-13-12-14-16-31/h12-16,26-30,32-33,35-36,43H,11,17-25H2,1-10H3/t26-,27-,28+,30-,32+,33-,35-,36+,39-/m1/s1. The Hall–Kier alpha value is -1.97. The van der Waals surface area contributed by atoms with Crippen LogP contribution in [0.4, 0.5) is 0 Å². The lowest BCUT2D eigenvalue weighted by atomic mass is 9.74. The lowest BCUT2D eigenvalue weighted by molar-refractivity contribution is -0.295. The van der Waals surface area contributed by atoms with E-state index >= 15 is 0 Å². The number of rotatable bonds is 9. The number of carbonyl (C=O) groups is 2. The van der Waals surface area contributed by atoms with Gasteiger partial charge in [0.25, 0.3) is 0 Å². The molecule has 3 saturated heterocycles. The number of methoxy groups -OCH3 is 1. The molecule has 1 aromatic rings. The summed E-state index contributed by atoms with van der Waals surface area (Å²) in [5.41, 5.74) is -2.47. The van der Waals surface area contributed by atoms with Gasteiger partial charge in [0.05, 0.1) is 22.7 Å². The van der Waals surface area contributed by atoms with Crippen molar-refractivity contribution in [2.75, 3.05) is 54.0 Å². The van der Waals surface area contributed by atoms with Crippen LogP contribution >= 0.6 is 0 Å². The van der Waals surface area contributed by atoms with Crippen molar-refractivity contribution in [3.05, 3.63) is 30.3 Å². The molecule has 13 heteroatoms. The summed E-state index contributed by atoms with van der Waals surface area (Å²) in [4.78, 5) is 32.8. The molecule has 1 N–H and O–H groups in total. The topological polar surface area (TPSA) is 135 Å². The molecule has 3 aliphatic rings. The number of hydrogen-bond donors (Lipinski definition) is 1. The Morgan fingerprint density at radius 3 is 2.25 bits per heavy atom. The molecule has 0 saturated carbocycles. The Kier molecular flexibility index (Phi) is 14.5. The van der Waals surface area contributed by atoms with Gasteiger partial charge >= 0.3 is 5.97 Å². The number of cyclic esters (lactones) is 1. The number of sulfonamides is 1. The van der Waals surface area contributed by atoms with Crippen molar-refractivity contribution in [2.45, 2.75) is 128 Å². The number of aliphatic hydroxyl groups excluding tert-OH is 1. The molecule has 0 radical (unpaired) electrons. The molecular formula is C39H65N3O9S. The number of esters is 1. The van der Waals surface area contributed by atoms with Crippen LogP contribution in [0.1, 0.15) is 80.6 Å². The van der Waals surface area contributed by atoms with Gasteiger partial charge in [-0.05, 0) is 104 Å². The number of hydrogen-bond acceptors (Lipinski definition) is 11. The van der Waals surface area contributed by atoms with E-state index in [2.05, 4.69) is 18.7 Å². The molecule has 0 aliphatic carbocycles. The molecule has 296 valence electrons. The number of Topliss-reactive ketones (excluding diaryl/α,β-unsaturated/α-hetero) is 1. The Labute approximate surface area is 312 Å². The van der Waals surface area contributed by atoms with Crippen LogP contribution in [-0.2, 0) is 38.6 Å². The number of aliphatic hydroxyl groups is 1. The van der Waals surface area contributed by atoms with E-state index in [-0.39, 0.29) is 42.4 Å². The molecule has 0 amide bonds. The van der Waals surface area contributed by atoms with E-state index in [0.29, 0.717) is 56.8 Å². The van der Waals surface area contributed by atoms with Gasteiger partial charge in [-0.25, -0.2) is 8.42 Å². The first-order valence-electron chi connectivity index (χ1n) is 19.1. The van der Waals surface area contributed by atoms with Crippen molar-refractivity contribution >= 4 is 21.8 Å². The SMILES string of the molecule is CCN1C[C@H](C)C[C@@](C)(OC)[C@H](O[C@@H]2O[C@H](C)C[C@H](N(C)C)[C@H]2O)[C@@H](C)C(=O)C(C)(C)C(=O)OC[C@H]1CC1CCN(S(=O)(=O)c2ccccc2)CC1. The average molecular weight is 752 g/mol. The Morgan fingerprint density at radius 2 is 1.67 bits per heavy atom. The fourth-order valence-electron chi connectivity index (χ4n) is 8.59. The fraction of sp³-hybridized carbons (Fsp3) is 0.795. The minimum absolute atomic E-state index is 0.0776. The maximum absolute atomic E-state index is 14.4. The summed E-state index contributed by atoms with van der Waals surface area (Å²) >= 11 is 0. The quantitative estimate of drug-likeness (QED) is 0.288. The van der Waals surface area contributed by atoms with Crippen LogP contribution in [0.2, 0.25) is 0 Å². The van der Waals surface area contributed by atoms with Crippen LogP contribution in [-0.4, -0.2) is 136 Å². The summed E-state index contributed by atoms with van der Waals surface area (Å²) in [6, 6.07) is 8.21. The van der Waals surface area contributed by atoms with E-state index in [1.54, 1.807) is 62.5 Å². The third-order valence-electron chi connectivity index (χ3n) is 11.8. The maximum Gasteiger partial charge on any atom is 0.319 e. The number of ether oxygens (including phenoxy) is 4. The van der Waals surface area contributed by atoms with Gasteiger partial charge in [0.1, 0.15) is 18.1 Å². The number of benzene rings is 1. The Morgan fingerprint density at radius 1 is 1.04 bits per heavy atom. The molecule has 9 atom stereocenters. The molecule has 1 aromatic carbocycles. The first-order valence-corrected chi connectivity index (χ1v) is 20.5. The van der Waals surface area contributed by atoms with Gasteiger partial charge in [-0.1, -0.05) is 39.0 Å². The number of ketones is 1. The lowest BCUT2D eigenvalue weighted by Crippen LogP contribution is -2.59. The van der Waals surface area contributed by atoms with Crippen LogP contribution in [0.25, 0.3) is 0 Å². The summed E-state index contributed by atoms with van der Waals surface area (Å²) in [5, 5.41) is 11.4. The molecular weight excluding hydrogens is 687 g/mol. The van der Waals surface area contributed by atoms with Crippen molar-refractivity contribution < 1.29 is 42.1 Å². The molecule has 3 aliphatic heterocycles. The number of likely N-dealkylation sites (N-methyl/N-ethyl adjacent to an activating group) is 2. The first-order chi connectivity index (χ1) is 24.3. The molecule has 12 nitrogen and oxygen atoms in total. The normalized spacial score (nSPS) is 35.4. The zero-order chi connectivity index (χ0) is 38.6. The van der Waals surface area contributed by atoms with Crippen LogP contribution in [0.15, 0.2) is 35.2 Å². The van der Waals surface area contributed by atoms with Gasteiger partial charge in [0, 0.05) is 44.7 Å². The van der Waals surface area contributed by atoms with Crippen LogP contribution in [0.5, 0.6) is 0 Å². The van der Waals surface area contributed by atoms with Gasteiger partial charge in [0.15, 0.2) is 12.1 Å². The minimum Gasteiger partial charge on any atom is -0.463 e. The maximum atomic E-state index is 14.4. The van der Waals surface area contributed by atoms with Crippen molar-refractivity contribution in [1.82, 2.24) is 14.1 Å². The lowest BCUT2D eigenvalue weighted by Gasteiger charge is -2.47. The molecule has 0 aromatic heterocycles. The highest BCUT2D eigenvalue weighted by molar-refractivity contribution is 7.89. The van der Waals surface area contributed by atoms with Crippen molar-refractivity contribution in [1.29, 1.82) is 0 Å². The zero-order valence-electron chi connectivity index (χ0n) is 33.1. The second-order valence-electron chi connectivity index (χ2n) is 16.5. The Bertz CT molecular complexity index is 1440. The van der Waals surface area contributed by atoms with Gasteiger partial charge in [0.2, 0.25) is 10.0 Å². The van der Waals surface area contributed by atoms with Gasteiger partial charge in [-0.15, -0.1) is 0 Å². The van der Waals surface area contributed by atoms with Gasteiger partial charge < -0.3 is 29.0 Å². The Balaban J connectivity index is 1.58. The van der Waals surface area contributed by atoms with E-state index in [4.69, 9.17) is 18.9 Å². The molecule has 52 heavy (non-hydrogen) atoms. The van der Waals surface area contributed by atoms with E-state index in [0.717, 1.165) is 6.42 Å². The second-order valence-corrected chi connectivity index (χ2v) is 18.4. The molecule has 0 spiro atoms. The number of carbonyl (C=O) groups excluding carboxylic acids is 2. The van der Waals surface area contributed by atoms with Crippen LogP contribution < -0.4 is 0 Å². The summed E-state index contributed by atoms with van der Waals surface area (Å²) in [7, 11) is 1.87. The second kappa shape index (κ2) is 17.7. The van der Waals surface area contributed by atoms with Crippen LogP contribution in [0, 0.1) is 23.2 Å². The monoisotopic (exact) mass is 751 g/mol. The van der Waals surface area contributed by atoms with E-state index in [1.807, 2.05) is 32.8 Å². The smallest absolute Gasteiger partial charge is 0.319 e. The molecule has 4 rings (SSSR count). The fourth-order valence-corrected chi connectivity index (χ4v) is 10.1. The first kappa shape index (κ1) is 42.8. The highest BCUT2D eigenvalue weighted by Gasteiger charge is 2.51. The predicted octanol–water partition coefficient (Wildman–Crippen LogP) is 4.20. The van der Waals surface area contributed by atoms with Crippen molar-refractivity contribution in [3.8, 4) is 0 Å².